The van der Waals surface area contributed by atoms with Gasteiger partial charge in [-0.25, -0.2) is 9.78 Å². The molecule has 3 rings (SSSR count). The van der Waals surface area contributed by atoms with Crippen LogP contribution in [0.4, 0.5) is 5.69 Å². The summed E-state index contributed by atoms with van der Waals surface area (Å²) in [6.07, 6.45) is 3.71. The summed E-state index contributed by atoms with van der Waals surface area (Å²) in [5.74, 6) is 0.688. The molecule has 1 saturated carbocycles. The summed E-state index contributed by atoms with van der Waals surface area (Å²) in [6, 6.07) is 5.45. The number of nitrogens with zero attached hydrogens (tertiary/aromatic N) is 1. The zero-order valence-corrected chi connectivity index (χ0v) is 12.3. The third kappa shape index (κ3) is 3.03. The molecule has 110 valence electrons. The molecule has 0 unspecified atom stereocenters. The second kappa shape index (κ2) is 5.77. The van der Waals surface area contributed by atoms with Crippen molar-refractivity contribution >= 4 is 23.3 Å². The van der Waals surface area contributed by atoms with E-state index in [1.165, 1.54) is 7.11 Å². The Balaban J connectivity index is 1.94. The number of aromatic nitrogens is 1. The van der Waals surface area contributed by atoms with Crippen LogP contribution in [0.2, 0.25) is 5.15 Å². The molecule has 0 saturated heterocycles. The third-order valence-corrected chi connectivity index (χ3v) is 3.62. The van der Waals surface area contributed by atoms with Crippen molar-refractivity contribution in [2.45, 2.75) is 25.3 Å². The predicted octanol–water partition coefficient (Wildman–Crippen LogP) is 3.60. The summed E-state index contributed by atoms with van der Waals surface area (Å²) in [5, 5.41) is 3.54. The number of pyridine rings is 1. The van der Waals surface area contributed by atoms with Crippen LogP contribution in [0.3, 0.4) is 0 Å². The summed E-state index contributed by atoms with van der Waals surface area (Å²) in [6.45, 7) is 0.522. The number of carbonyl (C=O) groups is 1. The predicted molar refractivity (Wildman–Crippen MR) is 78.6 cm³/mol. The first-order valence-electron chi connectivity index (χ1n) is 6.74. The topological polar surface area (TPSA) is 64.4 Å². The highest BCUT2D eigenvalue weighted by Gasteiger charge is 2.32. The van der Waals surface area contributed by atoms with Crippen LogP contribution in [0.15, 0.2) is 28.9 Å². The van der Waals surface area contributed by atoms with Crippen LogP contribution in [0.1, 0.15) is 40.6 Å². The number of hydrogen-bond donors (Lipinski definition) is 1. The van der Waals surface area contributed by atoms with Crippen molar-refractivity contribution in [3.8, 4) is 0 Å². The first-order valence-corrected chi connectivity index (χ1v) is 7.12. The van der Waals surface area contributed by atoms with E-state index in [1.54, 1.807) is 12.3 Å². The van der Waals surface area contributed by atoms with Gasteiger partial charge in [0, 0.05) is 11.3 Å². The third-order valence-electron chi connectivity index (χ3n) is 3.42. The number of halogens is 1. The molecule has 0 aromatic carbocycles. The van der Waals surface area contributed by atoms with Crippen molar-refractivity contribution in [1.29, 1.82) is 0 Å². The van der Waals surface area contributed by atoms with E-state index in [2.05, 4.69) is 10.3 Å². The molecule has 0 aliphatic heterocycles. The minimum atomic E-state index is -0.458. The van der Waals surface area contributed by atoms with Crippen molar-refractivity contribution in [3.05, 3.63) is 46.6 Å². The summed E-state index contributed by atoms with van der Waals surface area (Å²) in [5.41, 5.74) is 2.00. The number of ether oxygens (including phenoxy) is 1. The quantitative estimate of drug-likeness (QED) is 0.675. The molecule has 2 heterocycles. The second-order valence-electron chi connectivity index (χ2n) is 4.95. The van der Waals surface area contributed by atoms with Crippen molar-refractivity contribution in [2.75, 3.05) is 12.4 Å². The van der Waals surface area contributed by atoms with Gasteiger partial charge in [0.15, 0.2) is 5.69 Å². The van der Waals surface area contributed by atoms with Crippen molar-refractivity contribution < 1.29 is 13.9 Å². The van der Waals surface area contributed by atoms with Gasteiger partial charge in [-0.1, -0.05) is 11.6 Å². The highest BCUT2D eigenvalue weighted by molar-refractivity contribution is 6.30. The molecule has 0 radical (unpaired) electrons. The van der Waals surface area contributed by atoms with Crippen LogP contribution < -0.4 is 5.32 Å². The smallest absolute Gasteiger partial charge is 0.357 e. The first-order chi connectivity index (χ1) is 10.2. The Morgan fingerprint density at radius 2 is 2.38 bits per heavy atom. The van der Waals surface area contributed by atoms with Gasteiger partial charge < -0.3 is 14.5 Å². The van der Waals surface area contributed by atoms with Crippen LogP contribution in [0, 0.1) is 0 Å². The van der Waals surface area contributed by atoms with Crippen molar-refractivity contribution in [1.82, 2.24) is 4.98 Å². The van der Waals surface area contributed by atoms with E-state index in [-0.39, 0.29) is 5.15 Å². The monoisotopic (exact) mass is 306 g/mol. The Hall–Kier alpha value is -2.01. The largest absolute Gasteiger partial charge is 0.467 e. The van der Waals surface area contributed by atoms with Crippen molar-refractivity contribution in [3.63, 3.8) is 0 Å². The van der Waals surface area contributed by atoms with Gasteiger partial charge in [-0.2, -0.15) is 0 Å². The molecule has 0 spiro atoms. The fourth-order valence-electron chi connectivity index (χ4n) is 2.30. The molecule has 1 fully saturated rings. The number of esters is 1. The molecule has 1 aliphatic rings. The van der Waals surface area contributed by atoms with Gasteiger partial charge in [0.05, 0.1) is 19.9 Å². The molecule has 1 aliphatic carbocycles. The number of anilines is 1. The summed E-state index contributed by atoms with van der Waals surface area (Å²) in [7, 11) is 1.34. The number of methoxy groups -OCH3 is 1. The zero-order chi connectivity index (χ0) is 14.8. The minimum absolute atomic E-state index is 0.266. The van der Waals surface area contributed by atoms with E-state index in [0.717, 1.165) is 29.9 Å². The molecule has 2 aromatic heterocycles. The van der Waals surface area contributed by atoms with Gasteiger partial charge in [0.25, 0.3) is 0 Å². The fourth-order valence-corrected chi connectivity index (χ4v) is 2.50. The maximum atomic E-state index is 11.9. The average Bonchev–Trinajstić information content (AvgIpc) is 3.18. The van der Waals surface area contributed by atoms with Gasteiger partial charge in [-0.15, -0.1) is 0 Å². The molecule has 21 heavy (non-hydrogen) atoms. The summed E-state index contributed by atoms with van der Waals surface area (Å²) in [4.78, 5) is 16.1. The molecule has 6 heteroatoms. The van der Waals surface area contributed by atoms with Crippen LogP contribution >= 0.6 is 11.6 Å². The maximum absolute atomic E-state index is 11.9. The Bertz CT molecular complexity index is 651. The highest BCUT2D eigenvalue weighted by atomic mass is 35.5. The first kappa shape index (κ1) is 13.9. The summed E-state index contributed by atoms with van der Waals surface area (Å²) >= 11 is 6.03. The number of carbonyl (C=O) groups excluding carboxylic acids is 1. The number of hydrogen-bond acceptors (Lipinski definition) is 5. The second-order valence-corrected chi connectivity index (χ2v) is 5.34. The fraction of sp³-hybridized carbons (Fsp3) is 0.333. The standard InChI is InChI=1S/C15H15ClN2O3/c1-20-15(19)14-13(9-4-5-9)11(7-12(16)18-14)17-8-10-3-2-6-21-10/h2-3,6-7,9H,4-5,8H2,1H3,(H,17,18). The van der Waals surface area contributed by atoms with Crippen LogP contribution in [0.5, 0.6) is 0 Å². The maximum Gasteiger partial charge on any atom is 0.357 e. The van der Waals surface area contributed by atoms with Gasteiger partial charge >= 0.3 is 5.97 Å². The van der Waals surface area contributed by atoms with E-state index in [9.17, 15) is 4.79 Å². The number of rotatable bonds is 5. The molecule has 0 bridgehead atoms. The molecule has 0 amide bonds. The van der Waals surface area contributed by atoms with Gasteiger partial charge in [-0.3, -0.25) is 0 Å². The minimum Gasteiger partial charge on any atom is -0.467 e. The lowest BCUT2D eigenvalue weighted by molar-refractivity contribution is 0.0592. The zero-order valence-electron chi connectivity index (χ0n) is 11.6. The van der Waals surface area contributed by atoms with E-state index in [4.69, 9.17) is 20.8 Å². The van der Waals surface area contributed by atoms with Crippen LogP contribution in [-0.2, 0) is 11.3 Å². The number of furan rings is 1. The van der Waals surface area contributed by atoms with E-state index < -0.39 is 5.97 Å². The number of nitrogens with one attached hydrogen (secondary N) is 1. The SMILES string of the molecule is COC(=O)c1nc(Cl)cc(NCc2ccco2)c1C1CC1. The lowest BCUT2D eigenvalue weighted by atomic mass is 10.1. The van der Waals surface area contributed by atoms with E-state index in [1.807, 2.05) is 12.1 Å². The molecular weight excluding hydrogens is 292 g/mol. The molecular formula is C15H15ClN2O3. The van der Waals surface area contributed by atoms with Gasteiger partial charge in [0.2, 0.25) is 0 Å². The lowest BCUT2D eigenvalue weighted by Gasteiger charge is -2.14. The van der Waals surface area contributed by atoms with Gasteiger partial charge in [0.1, 0.15) is 10.9 Å². The Labute approximate surface area is 127 Å². The highest BCUT2D eigenvalue weighted by Crippen LogP contribution is 2.45. The molecule has 0 atom stereocenters. The van der Waals surface area contributed by atoms with Crippen LogP contribution in [-0.4, -0.2) is 18.1 Å². The van der Waals surface area contributed by atoms with Crippen molar-refractivity contribution in [2.24, 2.45) is 0 Å². The lowest BCUT2D eigenvalue weighted by Crippen LogP contribution is -2.12. The average molecular weight is 307 g/mol. The van der Waals surface area contributed by atoms with E-state index >= 15 is 0 Å². The van der Waals surface area contributed by atoms with Gasteiger partial charge in [-0.05, 0) is 37.0 Å². The molecule has 2 aromatic rings. The molecule has 1 N–H and O–H groups in total. The van der Waals surface area contributed by atoms with Crippen LogP contribution in [0.25, 0.3) is 0 Å². The Morgan fingerprint density at radius 3 is 3.00 bits per heavy atom. The Kier molecular flexibility index (Phi) is 3.84. The molecule has 5 nitrogen and oxygen atoms in total. The van der Waals surface area contributed by atoms with E-state index in [0.29, 0.717) is 18.2 Å². The Morgan fingerprint density at radius 1 is 1.57 bits per heavy atom. The summed E-state index contributed by atoms with van der Waals surface area (Å²) < 4.78 is 10.1. The normalized spacial score (nSPS) is 14.0.